The molecule has 0 fully saturated rings. The molecule has 3 nitrogen and oxygen atoms in total. The number of allylic oxidation sites excluding steroid dienone is 1. The summed E-state index contributed by atoms with van der Waals surface area (Å²) in [6.45, 7) is 3.55. The van der Waals surface area contributed by atoms with Crippen LogP contribution in [0.3, 0.4) is 0 Å². The van der Waals surface area contributed by atoms with Gasteiger partial charge in [-0.1, -0.05) is 25.1 Å². The summed E-state index contributed by atoms with van der Waals surface area (Å²) < 4.78 is 0. The van der Waals surface area contributed by atoms with E-state index >= 15 is 0 Å². The highest BCUT2D eigenvalue weighted by Crippen LogP contribution is 2.18. The average Bonchev–Trinajstić information content (AvgIpc) is 2.94. The lowest BCUT2D eigenvalue weighted by Crippen LogP contribution is -2.05. The molecular formula is C17H17NO2S. The summed E-state index contributed by atoms with van der Waals surface area (Å²) in [6, 6.07) is 11.2. The predicted octanol–water partition coefficient (Wildman–Crippen LogP) is 4.17. The third-order valence-electron chi connectivity index (χ3n) is 2.91. The molecule has 21 heavy (non-hydrogen) atoms. The van der Waals surface area contributed by atoms with Crippen molar-refractivity contribution in [3.05, 3.63) is 57.8 Å². The molecular weight excluding hydrogens is 282 g/mol. The van der Waals surface area contributed by atoms with Gasteiger partial charge >= 0.3 is 0 Å². The summed E-state index contributed by atoms with van der Waals surface area (Å²) in [5.41, 5.74) is 1.67. The van der Waals surface area contributed by atoms with Crippen molar-refractivity contribution >= 4 is 34.8 Å². The highest BCUT2D eigenvalue weighted by molar-refractivity contribution is 7.14. The Morgan fingerprint density at radius 2 is 1.86 bits per heavy atom. The minimum absolute atomic E-state index is 0.0191. The highest BCUT2D eigenvalue weighted by Gasteiger charge is 2.05. The minimum atomic E-state index is -0.0992. The van der Waals surface area contributed by atoms with Gasteiger partial charge in [-0.3, -0.25) is 9.59 Å². The van der Waals surface area contributed by atoms with Crippen molar-refractivity contribution in [1.29, 1.82) is 0 Å². The van der Waals surface area contributed by atoms with Gasteiger partial charge in [0.25, 0.3) is 0 Å². The second-order valence-corrected chi connectivity index (χ2v) is 5.79. The summed E-state index contributed by atoms with van der Waals surface area (Å²) in [4.78, 5) is 24.9. The Hall–Kier alpha value is -2.20. The van der Waals surface area contributed by atoms with Gasteiger partial charge in [-0.15, -0.1) is 11.3 Å². The first-order valence-corrected chi connectivity index (χ1v) is 7.59. The molecule has 1 aromatic heterocycles. The molecule has 2 aromatic rings. The van der Waals surface area contributed by atoms with E-state index < -0.39 is 0 Å². The van der Waals surface area contributed by atoms with E-state index in [1.54, 1.807) is 12.2 Å². The van der Waals surface area contributed by atoms with Crippen molar-refractivity contribution < 1.29 is 9.59 Å². The lowest BCUT2D eigenvalue weighted by atomic mass is 10.1. The number of nitrogens with one attached hydrogen (secondary N) is 1. The number of carbonyl (C=O) groups excluding carboxylic acids is 2. The number of carbonyl (C=O) groups is 2. The van der Waals surface area contributed by atoms with E-state index in [-0.39, 0.29) is 11.7 Å². The van der Waals surface area contributed by atoms with Crippen molar-refractivity contribution in [3.8, 4) is 0 Å². The second kappa shape index (κ2) is 6.99. The zero-order valence-electron chi connectivity index (χ0n) is 12.1. The van der Waals surface area contributed by atoms with E-state index in [2.05, 4.69) is 12.2 Å². The molecule has 1 amide bonds. The van der Waals surface area contributed by atoms with Crippen LogP contribution in [0.15, 0.2) is 42.5 Å². The Balaban J connectivity index is 2.03. The number of hydrogen-bond acceptors (Lipinski definition) is 3. The molecule has 1 aromatic carbocycles. The van der Waals surface area contributed by atoms with Gasteiger partial charge in [-0.2, -0.15) is 0 Å². The largest absolute Gasteiger partial charge is 0.326 e. The number of thiophene rings is 1. The van der Waals surface area contributed by atoms with Crippen molar-refractivity contribution in [3.63, 3.8) is 0 Å². The van der Waals surface area contributed by atoms with Gasteiger partial charge in [0.05, 0.1) is 4.88 Å². The molecule has 1 N–H and O–H groups in total. The summed E-state index contributed by atoms with van der Waals surface area (Å²) in [6.07, 6.45) is 4.32. The molecule has 0 aliphatic heterocycles. The first-order valence-electron chi connectivity index (χ1n) is 6.77. The van der Waals surface area contributed by atoms with E-state index in [1.165, 1.54) is 23.1 Å². The van der Waals surface area contributed by atoms with Gasteiger partial charge in [0.1, 0.15) is 0 Å². The van der Waals surface area contributed by atoms with Crippen LogP contribution >= 0.6 is 11.3 Å². The van der Waals surface area contributed by atoms with Gasteiger partial charge in [-0.05, 0) is 42.3 Å². The van der Waals surface area contributed by atoms with Crippen LogP contribution in [0, 0.1) is 0 Å². The number of benzene rings is 1. The van der Waals surface area contributed by atoms with Crippen LogP contribution in [-0.2, 0) is 11.2 Å². The fourth-order valence-corrected chi connectivity index (χ4v) is 2.70. The van der Waals surface area contributed by atoms with E-state index in [4.69, 9.17) is 0 Å². The molecule has 4 heteroatoms. The standard InChI is InChI=1S/C17H17NO2S/c1-3-15-9-11-17(21-15)16(20)10-6-13-4-7-14(8-5-13)18-12(2)19/h4-11H,3H2,1-2H3,(H,18,19)/b10-6+. The predicted molar refractivity (Wildman–Crippen MR) is 87.8 cm³/mol. The average molecular weight is 299 g/mol. The van der Waals surface area contributed by atoms with E-state index in [9.17, 15) is 9.59 Å². The first kappa shape index (κ1) is 15.2. The van der Waals surface area contributed by atoms with Crippen LogP contribution in [0.5, 0.6) is 0 Å². The second-order valence-electron chi connectivity index (χ2n) is 4.62. The smallest absolute Gasteiger partial charge is 0.221 e. The summed E-state index contributed by atoms with van der Waals surface area (Å²) in [7, 11) is 0. The normalized spacial score (nSPS) is 10.8. The molecule has 0 aliphatic rings. The van der Waals surface area contributed by atoms with Crippen LogP contribution in [-0.4, -0.2) is 11.7 Å². The topological polar surface area (TPSA) is 46.2 Å². The fraction of sp³-hybridized carbons (Fsp3) is 0.176. The molecule has 0 atom stereocenters. The number of rotatable bonds is 5. The fourth-order valence-electron chi connectivity index (χ4n) is 1.84. The lowest BCUT2D eigenvalue weighted by Gasteiger charge is -2.01. The molecule has 0 saturated heterocycles. The third-order valence-corrected chi connectivity index (χ3v) is 4.16. The van der Waals surface area contributed by atoms with Crippen molar-refractivity contribution in [2.45, 2.75) is 20.3 Å². The minimum Gasteiger partial charge on any atom is -0.326 e. The Morgan fingerprint density at radius 1 is 1.14 bits per heavy atom. The lowest BCUT2D eigenvalue weighted by molar-refractivity contribution is -0.114. The Morgan fingerprint density at radius 3 is 2.43 bits per heavy atom. The summed E-state index contributed by atoms with van der Waals surface area (Å²) in [5, 5.41) is 2.70. The number of anilines is 1. The maximum Gasteiger partial charge on any atom is 0.221 e. The summed E-state index contributed by atoms with van der Waals surface area (Å²) >= 11 is 1.54. The Labute approximate surface area is 128 Å². The number of amides is 1. The zero-order chi connectivity index (χ0) is 15.2. The molecule has 0 saturated carbocycles. The van der Waals surface area contributed by atoms with E-state index in [0.717, 1.165) is 22.5 Å². The first-order chi connectivity index (χ1) is 10.1. The molecule has 108 valence electrons. The molecule has 0 radical (unpaired) electrons. The molecule has 0 aliphatic carbocycles. The van der Waals surface area contributed by atoms with Crippen LogP contribution in [0.2, 0.25) is 0 Å². The van der Waals surface area contributed by atoms with Gasteiger partial charge in [0.2, 0.25) is 5.91 Å². The molecule has 1 heterocycles. The van der Waals surface area contributed by atoms with Crippen LogP contribution in [0.25, 0.3) is 6.08 Å². The van der Waals surface area contributed by atoms with Gasteiger partial charge in [0, 0.05) is 17.5 Å². The number of aryl methyl sites for hydroxylation is 1. The third kappa shape index (κ3) is 4.39. The van der Waals surface area contributed by atoms with Gasteiger partial charge < -0.3 is 5.32 Å². The van der Waals surface area contributed by atoms with Crippen molar-refractivity contribution in [2.24, 2.45) is 0 Å². The Kier molecular flexibility index (Phi) is 5.06. The molecule has 0 unspecified atom stereocenters. The quantitative estimate of drug-likeness (QED) is 0.665. The maximum atomic E-state index is 12.0. The highest BCUT2D eigenvalue weighted by atomic mass is 32.1. The molecule has 2 rings (SSSR count). The number of ketones is 1. The number of hydrogen-bond donors (Lipinski definition) is 1. The van der Waals surface area contributed by atoms with Gasteiger partial charge in [0.15, 0.2) is 5.78 Å². The van der Waals surface area contributed by atoms with Crippen molar-refractivity contribution in [2.75, 3.05) is 5.32 Å². The SMILES string of the molecule is CCc1ccc(C(=O)/C=C/c2ccc(NC(C)=O)cc2)s1. The van der Waals surface area contributed by atoms with Crippen LogP contribution in [0.4, 0.5) is 5.69 Å². The van der Waals surface area contributed by atoms with E-state index in [1.807, 2.05) is 36.4 Å². The monoisotopic (exact) mass is 299 g/mol. The van der Waals surface area contributed by atoms with Gasteiger partial charge in [-0.25, -0.2) is 0 Å². The molecule has 0 spiro atoms. The molecule has 0 bridgehead atoms. The van der Waals surface area contributed by atoms with Crippen molar-refractivity contribution in [1.82, 2.24) is 0 Å². The maximum absolute atomic E-state index is 12.0. The van der Waals surface area contributed by atoms with E-state index in [0.29, 0.717) is 0 Å². The zero-order valence-corrected chi connectivity index (χ0v) is 12.9. The Bertz CT molecular complexity index is 668. The van der Waals surface area contributed by atoms with Crippen LogP contribution in [0.1, 0.15) is 34.0 Å². The van der Waals surface area contributed by atoms with Crippen LogP contribution < -0.4 is 5.32 Å². The summed E-state index contributed by atoms with van der Waals surface area (Å²) in [5.74, 6) is -0.0801.